The number of halogens is 1. The first-order valence-electron chi connectivity index (χ1n) is 11.3. The Morgan fingerprint density at radius 1 is 0.882 bits per heavy atom. The molecule has 0 aliphatic carbocycles. The molecule has 6 heteroatoms. The molecule has 0 unspecified atom stereocenters. The van der Waals surface area contributed by atoms with E-state index in [1.807, 2.05) is 42.5 Å². The first kappa shape index (κ1) is 23.5. The number of nitrogens with zero attached hydrogens (tertiary/aromatic N) is 2. The second kappa shape index (κ2) is 10.5. The van der Waals surface area contributed by atoms with E-state index in [9.17, 15) is 9.18 Å². The Labute approximate surface area is 200 Å². The van der Waals surface area contributed by atoms with Crippen LogP contribution < -0.4 is 14.4 Å². The van der Waals surface area contributed by atoms with Gasteiger partial charge in [0.05, 0.1) is 14.2 Å². The number of ketones is 1. The van der Waals surface area contributed by atoms with Crippen molar-refractivity contribution in [1.29, 1.82) is 0 Å². The Balaban J connectivity index is 1.70. The van der Waals surface area contributed by atoms with Crippen molar-refractivity contribution in [2.45, 2.75) is 0 Å². The number of carbonyl (C=O) groups is 1. The maximum absolute atomic E-state index is 14.4. The largest absolute Gasteiger partial charge is 0.497 e. The number of carbonyl (C=O) groups excluding carboxylic acids is 1. The predicted molar refractivity (Wildman–Crippen MR) is 134 cm³/mol. The van der Waals surface area contributed by atoms with Gasteiger partial charge in [0.25, 0.3) is 0 Å². The van der Waals surface area contributed by atoms with Gasteiger partial charge in [-0.3, -0.25) is 4.79 Å². The smallest absolute Gasteiger partial charge is 0.187 e. The van der Waals surface area contributed by atoms with Gasteiger partial charge in [-0.15, -0.1) is 0 Å². The van der Waals surface area contributed by atoms with E-state index in [-0.39, 0.29) is 5.78 Å². The highest BCUT2D eigenvalue weighted by Crippen LogP contribution is 2.31. The summed E-state index contributed by atoms with van der Waals surface area (Å²) in [5.41, 5.74) is 3.70. The van der Waals surface area contributed by atoms with E-state index in [4.69, 9.17) is 9.47 Å². The third kappa shape index (κ3) is 5.29. The minimum atomic E-state index is -0.437. The summed E-state index contributed by atoms with van der Waals surface area (Å²) >= 11 is 0. The summed E-state index contributed by atoms with van der Waals surface area (Å²) in [6.07, 6.45) is 2.96. The molecule has 1 saturated heterocycles. The van der Waals surface area contributed by atoms with Gasteiger partial charge in [-0.1, -0.05) is 18.2 Å². The molecule has 4 rings (SSSR count). The molecule has 1 heterocycles. The number of rotatable bonds is 7. The average Bonchev–Trinajstić information content (AvgIpc) is 2.88. The summed E-state index contributed by atoms with van der Waals surface area (Å²) in [6.45, 7) is 3.54. The van der Waals surface area contributed by atoms with Crippen LogP contribution in [-0.4, -0.2) is 58.1 Å². The van der Waals surface area contributed by atoms with E-state index in [0.29, 0.717) is 16.9 Å². The molecule has 0 saturated carbocycles. The first-order valence-corrected chi connectivity index (χ1v) is 11.3. The molecule has 176 valence electrons. The lowest BCUT2D eigenvalue weighted by atomic mass is 9.98. The molecule has 0 N–H and O–H groups in total. The lowest BCUT2D eigenvalue weighted by Gasteiger charge is -2.35. The molecule has 0 aromatic heterocycles. The minimum absolute atomic E-state index is 0.172. The minimum Gasteiger partial charge on any atom is -0.497 e. The molecule has 0 atom stereocenters. The van der Waals surface area contributed by atoms with Crippen molar-refractivity contribution < 1.29 is 18.7 Å². The lowest BCUT2D eigenvalue weighted by molar-refractivity contribution is 0.104. The van der Waals surface area contributed by atoms with E-state index >= 15 is 0 Å². The summed E-state index contributed by atoms with van der Waals surface area (Å²) in [6, 6.07) is 18.3. The summed E-state index contributed by atoms with van der Waals surface area (Å²) in [5, 5.41) is 0. The van der Waals surface area contributed by atoms with Gasteiger partial charge in [-0.05, 0) is 66.7 Å². The Kier molecular flexibility index (Phi) is 7.28. The highest BCUT2D eigenvalue weighted by Gasteiger charge is 2.20. The maximum atomic E-state index is 14.4. The molecule has 0 amide bonds. The fourth-order valence-corrected chi connectivity index (χ4v) is 4.06. The molecule has 1 aliphatic heterocycles. The molecule has 3 aromatic rings. The molecule has 34 heavy (non-hydrogen) atoms. The summed E-state index contributed by atoms with van der Waals surface area (Å²) in [7, 11) is 5.22. The van der Waals surface area contributed by atoms with Crippen molar-refractivity contribution in [3.63, 3.8) is 0 Å². The maximum Gasteiger partial charge on any atom is 0.187 e. The topological polar surface area (TPSA) is 42.0 Å². The number of methoxy groups -OCH3 is 2. The zero-order chi connectivity index (χ0) is 24.1. The van der Waals surface area contributed by atoms with Crippen LogP contribution in [0.25, 0.3) is 17.2 Å². The first-order chi connectivity index (χ1) is 16.5. The molecule has 1 fully saturated rings. The van der Waals surface area contributed by atoms with E-state index < -0.39 is 5.82 Å². The number of hydrogen-bond acceptors (Lipinski definition) is 5. The molecular formula is C28H29FN2O3. The number of anilines is 1. The quantitative estimate of drug-likeness (QED) is 0.360. The van der Waals surface area contributed by atoms with Gasteiger partial charge in [-0.25, -0.2) is 4.39 Å². The zero-order valence-corrected chi connectivity index (χ0v) is 19.8. The number of likely N-dealkylation sites (N-methyl/N-ethyl adjacent to an activating group) is 1. The average molecular weight is 461 g/mol. The molecule has 0 radical (unpaired) electrons. The van der Waals surface area contributed by atoms with Crippen LogP contribution in [0.15, 0.2) is 66.7 Å². The van der Waals surface area contributed by atoms with Crippen LogP contribution in [0.2, 0.25) is 0 Å². The molecule has 3 aromatic carbocycles. The number of benzene rings is 3. The zero-order valence-electron chi connectivity index (χ0n) is 19.8. The van der Waals surface area contributed by atoms with Crippen molar-refractivity contribution in [3.8, 4) is 22.6 Å². The standard InChI is InChI=1S/C28H29FN2O3/c1-30-13-15-31(16-14-30)27-11-8-22(21-5-4-6-23(17-21)33-2)18-25(27)28(32)12-9-20-7-10-24(34-3)19-26(20)29/h4-12,17-19H,13-16H2,1-3H3. The van der Waals surface area contributed by atoms with Crippen molar-refractivity contribution >= 4 is 17.5 Å². The van der Waals surface area contributed by atoms with E-state index in [1.54, 1.807) is 19.2 Å². The van der Waals surface area contributed by atoms with Crippen molar-refractivity contribution in [3.05, 3.63) is 83.7 Å². The van der Waals surface area contributed by atoms with Crippen LogP contribution in [0.3, 0.4) is 0 Å². The number of piperazine rings is 1. The summed E-state index contributed by atoms with van der Waals surface area (Å²) < 4.78 is 24.8. The van der Waals surface area contributed by atoms with Crippen LogP contribution in [-0.2, 0) is 0 Å². The Morgan fingerprint density at radius 3 is 2.29 bits per heavy atom. The number of hydrogen-bond donors (Lipinski definition) is 0. The second-order valence-corrected chi connectivity index (χ2v) is 8.34. The molecule has 1 aliphatic rings. The summed E-state index contributed by atoms with van der Waals surface area (Å²) in [5.74, 6) is 0.578. The van der Waals surface area contributed by atoms with E-state index in [1.165, 1.54) is 25.3 Å². The van der Waals surface area contributed by atoms with Gasteiger partial charge in [-0.2, -0.15) is 0 Å². The molecular weight excluding hydrogens is 431 g/mol. The van der Waals surface area contributed by atoms with E-state index in [2.05, 4.69) is 16.8 Å². The van der Waals surface area contributed by atoms with E-state index in [0.717, 1.165) is 48.7 Å². The Morgan fingerprint density at radius 2 is 1.59 bits per heavy atom. The SMILES string of the molecule is COc1cccc(-c2ccc(N3CCN(C)CC3)c(C(=O)C=Cc3ccc(OC)cc3F)c2)c1. The van der Waals surface area contributed by atoms with Crippen LogP contribution in [0.5, 0.6) is 11.5 Å². The van der Waals surface area contributed by atoms with Gasteiger partial charge in [0.15, 0.2) is 5.78 Å². The highest BCUT2D eigenvalue weighted by atomic mass is 19.1. The van der Waals surface area contributed by atoms with Crippen LogP contribution in [0.4, 0.5) is 10.1 Å². The van der Waals surface area contributed by atoms with Crippen molar-refractivity contribution in [1.82, 2.24) is 4.90 Å². The second-order valence-electron chi connectivity index (χ2n) is 8.34. The normalized spacial score (nSPS) is 14.4. The number of ether oxygens (including phenoxy) is 2. The predicted octanol–water partition coefficient (Wildman–Crippen LogP) is 5.16. The fraction of sp³-hybridized carbons (Fsp3) is 0.250. The number of allylic oxidation sites excluding steroid dienone is 1. The van der Waals surface area contributed by atoms with Gasteiger partial charge in [0.1, 0.15) is 17.3 Å². The van der Waals surface area contributed by atoms with Crippen molar-refractivity contribution in [2.75, 3.05) is 52.3 Å². The van der Waals surface area contributed by atoms with Gasteiger partial charge >= 0.3 is 0 Å². The Bertz CT molecular complexity index is 1200. The molecule has 0 spiro atoms. The summed E-state index contributed by atoms with van der Waals surface area (Å²) in [4.78, 5) is 17.9. The van der Waals surface area contributed by atoms with Gasteiger partial charge < -0.3 is 19.3 Å². The lowest BCUT2D eigenvalue weighted by Crippen LogP contribution is -2.45. The van der Waals surface area contributed by atoms with Gasteiger partial charge in [0, 0.05) is 49.1 Å². The molecule has 5 nitrogen and oxygen atoms in total. The van der Waals surface area contributed by atoms with Crippen LogP contribution in [0.1, 0.15) is 15.9 Å². The third-order valence-corrected chi connectivity index (χ3v) is 6.13. The van der Waals surface area contributed by atoms with Crippen LogP contribution in [0, 0.1) is 5.82 Å². The molecule has 0 bridgehead atoms. The van der Waals surface area contributed by atoms with Crippen molar-refractivity contribution in [2.24, 2.45) is 0 Å². The van der Waals surface area contributed by atoms with Crippen LogP contribution >= 0.6 is 0 Å². The fourth-order valence-electron chi connectivity index (χ4n) is 4.06. The monoisotopic (exact) mass is 460 g/mol. The highest BCUT2D eigenvalue weighted by molar-refractivity contribution is 6.11. The van der Waals surface area contributed by atoms with Gasteiger partial charge in [0.2, 0.25) is 0 Å². The third-order valence-electron chi connectivity index (χ3n) is 6.13. The Hall–Kier alpha value is -3.64.